The smallest absolute Gasteiger partial charge is 0.277 e. The molecule has 0 atom stereocenters. The first-order valence-corrected chi connectivity index (χ1v) is 11.0. The van der Waals surface area contributed by atoms with E-state index in [1.165, 1.54) is 18.5 Å². The van der Waals surface area contributed by atoms with Crippen LogP contribution in [-0.2, 0) is 6.54 Å². The lowest BCUT2D eigenvalue weighted by atomic mass is 9.97. The van der Waals surface area contributed by atoms with Crippen molar-refractivity contribution >= 4 is 22.8 Å². The first-order valence-electron chi connectivity index (χ1n) is 11.0. The van der Waals surface area contributed by atoms with Gasteiger partial charge in [0.05, 0.1) is 5.56 Å². The molecule has 1 fully saturated rings. The maximum atomic E-state index is 13.8. The molecule has 3 aromatic rings. The number of carbonyl (C=O) groups is 1. The molecule has 0 aliphatic carbocycles. The summed E-state index contributed by atoms with van der Waals surface area (Å²) >= 11 is 0. The van der Waals surface area contributed by atoms with Gasteiger partial charge in [0.1, 0.15) is 5.82 Å². The molecule has 1 amide bonds. The van der Waals surface area contributed by atoms with E-state index in [1.807, 2.05) is 6.07 Å². The number of hydrogen-bond acceptors (Lipinski definition) is 6. The van der Waals surface area contributed by atoms with Crippen molar-refractivity contribution < 1.29 is 14.4 Å². The highest BCUT2D eigenvalue weighted by molar-refractivity contribution is 5.92. The van der Waals surface area contributed by atoms with Crippen LogP contribution in [0.4, 0.5) is 10.3 Å². The highest BCUT2D eigenvalue weighted by Crippen LogP contribution is 2.26. The maximum Gasteiger partial charge on any atom is 0.277 e. The molecule has 0 bridgehead atoms. The van der Waals surface area contributed by atoms with E-state index in [9.17, 15) is 9.18 Å². The summed E-state index contributed by atoms with van der Waals surface area (Å²) in [7, 11) is 0. The Morgan fingerprint density at radius 1 is 1.25 bits per heavy atom. The van der Waals surface area contributed by atoms with Gasteiger partial charge in [-0.2, -0.15) is 0 Å². The van der Waals surface area contributed by atoms with Gasteiger partial charge in [-0.3, -0.25) is 10.0 Å². The first kappa shape index (κ1) is 22.2. The Morgan fingerprint density at radius 3 is 2.62 bits per heavy atom. The van der Waals surface area contributed by atoms with Crippen molar-refractivity contribution in [3.05, 3.63) is 53.7 Å². The normalized spacial score (nSPS) is 15.0. The molecule has 1 aromatic carbocycles. The molecule has 9 heteroatoms. The average molecular weight is 441 g/mol. The van der Waals surface area contributed by atoms with Gasteiger partial charge in [-0.25, -0.2) is 19.8 Å². The summed E-state index contributed by atoms with van der Waals surface area (Å²) in [5, 5.41) is 13.2. The van der Waals surface area contributed by atoms with Crippen LogP contribution in [-0.4, -0.2) is 45.3 Å². The van der Waals surface area contributed by atoms with E-state index in [1.54, 1.807) is 11.5 Å². The Balaban J connectivity index is 1.30. The van der Waals surface area contributed by atoms with Crippen molar-refractivity contribution in [2.75, 3.05) is 24.5 Å². The third kappa shape index (κ3) is 4.73. The van der Waals surface area contributed by atoms with E-state index in [0.29, 0.717) is 24.5 Å². The first-order chi connectivity index (χ1) is 15.5. The topological polar surface area (TPSA) is 95.3 Å². The number of rotatable bonds is 7. The fraction of sp³-hybridized carbons (Fsp3) is 0.435. The van der Waals surface area contributed by atoms with Gasteiger partial charge in [0.15, 0.2) is 0 Å². The zero-order chi connectivity index (χ0) is 22.7. The number of nitrogens with zero attached hydrogens (tertiary/aromatic N) is 4. The molecule has 1 aliphatic heterocycles. The molecule has 4 rings (SSSR count). The van der Waals surface area contributed by atoms with Crippen LogP contribution in [0.1, 0.15) is 48.7 Å². The summed E-state index contributed by atoms with van der Waals surface area (Å²) in [6, 6.07) is 5.31. The third-order valence-corrected chi connectivity index (χ3v) is 6.08. The summed E-state index contributed by atoms with van der Waals surface area (Å²) < 4.78 is 16.0. The molecule has 8 nitrogen and oxygen atoms in total. The fourth-order valence-electron chi connectivity index (χ4n) is 4.28. The van der Waals surface area contributed by atoms with E-state index >= 15 is 0 Å². The van der Waals surface area contributed by atoms with Gasteiger partial charge in [0.2, 0.25) is 5.95 Å². The molecule has 1 aliphatic rings. The van der Waals surface area contributed by atoms with Gasteiger partial charge in [0, 0.05) is 55.2 Å². The minimum atomic E-state index is -0.624. The molecule has 0 saturated carbocycles. The predicted molar refractivity (Wildman–Crippen MR) is 120 cm³/mol. The third-order valence-electron chi connectivity index (χ3n) is 6.08. The molecule has 2 aromatic heterocycles. The van der Waals surface area contributed by atoms with Crippen LogP contribution in [0.15, 0.2) is 36.8 Å². The second kappa shape index (κ2) is 9.62. The molecule has 32 heavy (non-hydrogen) atoms. The average Bonchev–Trinajstić information content (AvgIpc) is 3.17. The van der Waals surface area contributed by atoms with Crippen LogP contribution in [0.2, 0.25) is 0 Å². The van der Waals surface area contributed by atoms with Crippen molar-refractivity contribution in [2.45, 2.75) is 39.3 Å². The highest BCUT2D eigenvalue weighted by Gasteiger charge is 2.21. The number of halogens is 1. The molecule has 0 radical (unpaired) electrons. The number of benzene rings is 1. The monoisotopic (exact) mass is 440 g/mol. The van der Waals surface area contributed by atoms with E-state index in [-0.39, 0.29) is 11.4 Å². The van der Waals surface area contributed by atoms with Crippen LogP contribution in [0.25, 0.3) is 10.9 Å². The summed E-state index contributed by atoms with van der Waals surface area (Å²) in [4.78, 5) is 22.0. The summed E-state index contributed by atoms with van der Waals surface area (Å²) in [6.07, 6.45) is 6.98. The molecular weight excluding hydrogens is 411 g/mol. The minimum Gasteiger partial charge on any atom is -0.345 e. The van der Waals surface area contributed by atoms with Crippen LogP contribution in [0, 0.1) is 11.7 Å². The van der Waals surface area contributed by atoms with Gasteiger partial charge in [0.25, 0.3) is 5.91 Å². The molecule has 3 N–H and O–H groups in total. The van der Waals surface area contributed by atoms with Gasteiger partial charge < -0.3 is 14.8 Å². The van der Waals surface area contributed by atoms with Crippen LogP contribution >= 0.6 is 0 Å². The lowest BCUT2D eigenvalue weighted by Crippen LogP contribution is -2.38. The lowest BCUT2D eigenvalue weighted by molar-refractivity contribution is 0.0705. The van der Waals surface area contributed by atoms with Gasteiger partial charge in [-0.1, -0.05) is 0 Å². The summed E-state index contributed by atoms with van der Waals surface area (Å²) in [6.45, 7) is 7.55. The number of nitrogens with one attached hydrogen (secondary N) is 2. The van der Waals surface area contributed by atoms with Gasteiger partial charge >= 0.3 is 0 Å². The van der Waals surface area contributed by atoms with Gasteiger partial charge in [-0.15, -0.1) is 0 Å². The summed E-state index contributed by atoms with van der Waals surface area (Å²) in [5.41, 5.74) is 3.97. The largest absolute Gasteiger partial charge is 0.345 e. The molecule has 0 spiro atoms. The molecule has 1 saturated heterocycles. The Labute approximate surface area is 186 Å². The summed E-state index contributed by atoms with van der Waals surface area (Å²) in [5.74, 6) is 0.302. The molecular formula is C23H29FN6O2. The molecule has 170 valence electrons. The number of hydrogen-bond donors (Lipinski definition) is 3. The second-order valence-electron chi connectivity index (χ2n) is 8.59. The van der Waals surface area contributed by atoms with Crippen molar-refractivity contribution in [1.82, 2.24) is 25.3 Å². The van der Waals surface area contributed by atoms with Crippen molar-refractivity contribution in [2.24, 2.45) is 5.92 Å². The number of aromatic nitrogens is 3. The zero-order valence-corrected chi connectivity index (χ0v) is 18.4. The number of carbonyl (C=O) groups excluding carboxylic acids is 1. The van der Waals surface area contributed by atoms with Crippen LogP contribution in [0.3, 0.4) is 0 Å². The van der Waals surface area contributed by atoms with Crippen molar-refractivity contribution in [1.29, 1.82) is 0 Å². The number of fused-ring (bicyclic) bond motifs is 1. The quantitative estimate of drug-likeness (QED) is 0.386. The van der Waals surface area contributed by atoms with Crippen LogP contribution < -0.4 is 15.7 Å². The number of hydroxylamine groups is 1. The minimum absolute atomic E-state index is 0.208. The predicted octanol–water partition coefficient (Wildman–Crippen LogP) is 3.28. The van der Waals surface area contributed by atoms with Gasteiger partial charge in [-0.05, 0) is 62.9 Å². The van der Waals surface area contributed by atoms with E-state index < -0.39 is 5.91 Å². The molecule has 0 unspecified atom stereocenters. The zero-order valence-electron chi connectivity index (χ0n) is 18.4. The number of piperidine rings is 1. The Bertz CT molecular complexity index is 1070. The van der Waals surface area contributed by atoms with Crippen LogP contribution in [0.5, 0.6) is 0 Å². The van der Waals surface area contributed by atoms with Crippen molar-refractivity contribution in [3.8, 4) is 0 Å². The maximum absolute atomic E-state index is 13.8. The second-order valence-corrected chi connectivity index (χ2v) is 8.59. The Morgan fingerprint density at radius 2 is 1.97 bits per heavy atom. The van der Waals surface area contributed by atoms with E-state index in [4.69, 9.17) is 5.21 Å². The highest BCUT2D eigenvalue weighted by atomic mass is 19.1. The van der Waals surface area contributed by atoms with E-state index in [0.717, 1.165) is 48.9 Å². The lowest BCUT2D eigenvalue weighted by Gasteiger charge is -2.32. The number of amides is 1. The van der Waals surface area contributed by atoms with Crippen molar-refractivity contribution in [3.63, 3.8) is 0 Å². The molecule has 3 heterocycles. The standard InChI is InChI=1S/C23H29FN6O2/c1-15(2)30-14-18(20-9-19(24)3-4-21(20)30)11-25-10-16-5-7-29(8-6-16)23-26-12-17(13-27-23)22(31)28-32/h3-4,9,12-16,25,32H,5-8,10-11H2,1-2H3,(H,28,31). The Hall–Kier alpha value is -3.04. The SMILES string of the molecule is CC(C)n1cc(CNCC2CCN(c3ncc(C(=O)NO)cn3)CC2)c2cc(F)ccc21. The fourth-order valence-corrected chi connectivity index (χ4v) is 4.28. The van der Waals surface area contributed by atoms with E-state index in [2.05, 4.69) is 44.8 Å². The Kier molecular flexibility index (Phi) is 6.66. The number of anilines is 1.